The molecule has 0 aliphatic carbocycles. The van der Waals surface area contributed by atoms with Gasteiger partial charge in [0.05, 0.1) is 18.8 Å². The predicted molar refractivity (Wildman–Crippen MR) is 88.2 cm³/mol. The summed E-state index contributed by atoms with van der Waals surface area (Å²) in [4.78, 5) is 45.6. The molecule has 0 bridgehead atoms. The first kappa shape index (κ1) is 23.5. The van der Waals surface area contributed by atoms with E-state index in [0.29, 0.717) is 0 Å². The van der Waals surface area contributed by atoms with Crippen LogP contribution in [0.3, 0.4) is 0 Å². The second-order valence-electron chi connectivity index (χ2n) is 5.58. The van der Waals surface area contributed by atoms with E-state index in [1.165, 1.54) is 14.0 Å². The van der Waals surface area contributed by atoms with Crippen LogP contribution in [0, 0.1) is 0 Å². The van der Waals surface area contributed by atoms with Crippen LogP contribution in [0.15, 0.2) is 0 Å². The van der Waals surface area contributed by atoms with E-state index in [0.717, 1.165) is 5.01 Å². The minimum Gasteiger partial charge on any atom is -0.480 e. The number of carboxylic acids is 1. The largest absolute Gasteiger partial charge is 0.480 e. The Morgan fingerprint density at radius 1 is 1.19 bits per heavy atom. The number of nitrogens with one attached hydrogen (secondary N) is 3. The van der Waals surface area contributed by atoms with Crippen molar-refractivity contribution in [2.75, 3.05) is 20.2 Å². The first-order valence-corrected chi connectivity index (χ1v) is 7.63. The van der Waals surface area contributed by atoms with Gasteiger partial charge in [0.15, 0.2) is 6.04 Å². The van der Waals surface area contributed by atoms with E-state index >= 15 is 0 Å². The molecule has 0 heterocycles. The average molecular weight is 378 g/mol. The molecule has 13 nitrogen and oxygen atoms in total. The van der Waals surface area contributed by atoms with Crippen LogP contribution >= 0.6 is 0 Å². The number of primary amides is 1. The summed E-state index contributed by atoms with van der Waals surface area (Å²) < 4.78 is 0. The standard InChI is InChI=1S/C13H26N6O7/c1-6(21)10(15)11(23)19(2)16-4-7(3-9(14)22)17-13(26)18-8(5-20)12(24)25/h6-8,10,16,20-21H,3-5,15H2,1-2H3,(H2,14,22)(H,24,25)(H2,17,18,26)/t6?,7-,8-,10-/m0/s1. The summed E-state index contributed by atoms with van der Waals surface area (Å²) in [6.45, 7) is 0.399. The second-order valence-corrected chi connectivity index (χ2v) is 5.58. The molecule has 0 fully saturated rings. The van der Waals surface area contributed by atoms with E-state index in [4.69, 9.17) is 21.7 Å². The van der Waals surface area contributed by atoms with Crippen LogP contribution < -0.4 is 27.5 Å². The van der Waals surface area contributed by atoms with E-state index in [2.05, 4.69) is 10.7 Å². The molecular weight excluding hydrogens is 352 g/mol. The molecule has 0 saturated heterocycles. The number of hydrogen-bond donors (Lipinski definition) is 8. The van der Waals surface area contributed by atoms with Gasteiger partial charge in [-0.05, 0) is 6.92 Å². The number of carbonyl (C=O) groups excluding carboxylic acids is 3. The number of rotatable bonds is 11. The smallest absolute Gasteiger partial charge is 0.328 e. The number of amides is 4. The zero-order chi connectivity index (χ0) is 20.4. The Balaban J connectivity index is 4.75. The Kier molecular flexibility index (Phi) is 10.1. The number of urea groups is 1. The molecule has 150 valence electrons. The van der Waals surface area contributed by atoms with Crippen molar-refractivity contribution in [3.05, 3.63) is 0 Å². The van der Waals surface area contributed by atoms with Gasteiger partial charge in [0.1, 0.15) is 6.04 Å². The highest BCUT2D eigenvalue weighted by atomic mass is 16.4. The number of hydrogen-bond acceptors (Lipinski definition) is 8. The van der Waals surface area contributed by atoms with Crippen molar-refractivity contribution >= 4 is 23.8 Å². The van der Waals surface area contributed by atoms with E-state index in [1.54, 1.807) is 0 Å². The van der Waals surface area contributed by atoms with Gasteiger partial charge in [-0.3, -0.25) is 14.6 Å². The number of nitrogens with zero attached hydrogens (tertiary/aromatic N) is 1. The molecule has 0 aromatic rings. The van der Waals surface area contributed by atoms with Gasteiger partial charge in [0.25, 0.3) is 5.91 Å². The number of aliphatic hydroxyl groups excluding tert-OH is 2. The molecule has 0 aromatic carbocycles. The van der Waals surface area contributed by atoms with E-state index in [9.17, 15) is 24.3 Å². The number of aliphatic hydroxyl groups is 2. The van der Waals surface area contributed by atoms with Gasteiger partial charge in [-0.15, -0.1) is 0 Å². The quantitative estimate of drug-likeness (QED) is 0.162. The third kappa shape index (κ3) is 8.57. The van der Waals surface area contributed by atoms with E-state index < -0.39 is 54.7 Å². The molecule has 4 amide bonds. The summed E-state index contributed by atoms with van der Waals surface area (Å²) in [5.41, 5.74) is 13.2. The van der Waals surface area contributed by atoms with Gasteiger partial charge in [0.2, 0.25) is 5.91 Å². The summed E-state index contributed by atoms with van der Waals surface area (Å²) in [7, 11) is 1.33. The van der Waals surface area contributed by atoms with Crippen LogP contribution in [-0.4, -0.2) is 88.6 Å². The second kappa shape index (κ2) is 11.2. The molecule has 0 aliphatic heterocycles. The van der Waals surface area contributed by atoms with Crippen LogP contribution in [0.25, 0.3) is 0 Å². The Bertz CT molecular complexity index is 515. The van der Waals surface area contributed by atoms with Crippen molar-refractivity contribution < 1.29 is 34.5 Å². The Hall–Kier alpha value is -2.48. The van der Waals surface area contributed by atoms with Gasteiger partial charge >= 0.3 is 12.0 Å². The summed E-state index contributed by atoms with van der Waals surface area (Å²) in [6.07, 6.45) is -1.38. The lowest BCUT2D eigenvalue weighted by Gasteiger charge is -2.26. The lowest BCUT2D eigenvalue weighted by atomic mass is 10.2. The fourth-order valence-electron chi connectivity index (χ4n) is 1.74. The SMILES string of the molecule is CC(O)[C@H](N)C(=O)N(C)NC[C@H](CC(N)=O)NC(=O)N[C@@H](CO)C(=O)O. The van der Waals surface area contributed by atoms with Crippen LogP contribution in [0.2, 0.25) is 0 Å². The lowest BCUT2D eigenvalue weighted by molar-refractivity contribution is -0.140. The van der Waals surface area contributed by atoms with Gasteiger partial charge < -0.3 is 37.4 Å². The number of carbonyl (C=O) groups is 4. The normalized spacial score (nSPS) is 15.3. The molecule has 0 rings (SSSR count). The number of aliphatic carboxylic acids is 1. The fraction of sp³-hybridized carbons (Fsp3) is 0.692. The summed E-state index contributed by atoms with van der Waals surface area (Å²) in [5.74, 6) is -2.82. The third-order valence-corrected chi connectivity index (χ3v) is 3.28. The molecule has 0 radical (unpaired) electrons. The molecule has 0 saturated carbocycles. The molecule has 26 heavy (non-hydrogen) atoms. The van der Waals surface area contributed by atoms with Crippen molar-refractivity contribution in [2.45, 2.75) is 37.6 Å². The number of carboxylic acid groups (broad SMARTS) is 1. The van der Waals surface area contributed by atoms with E-state index in [1.807, 2.05) is 5.32 Å². The first-order chi connectivity index (χ1) is 12.0. The molecule has 0 spiro atoms. The zero-order valence-electron chi connectivity index (χ0n) is 14.5. The monoisotopic (exact) mass is 378 g/mol. The van der Waals surface area contributed by atoms with Crippen LogP contribution in [0.4, 0.5) is 4.79 Å². The van der Waals surface area contributed by atoms with Crippen molar-refractivity contribution in [3.8, 4) is 0 Å². The minimum atomic E-state index is -1.52. The Labute approximate surface area is 149 Å². The molecule has 1 unspecified atom stereocenters. The Morgan fingerprint density at radius 3 is 2.19 bits per heavy atom. The maximum atomic E-state index is 11.9. The zero-order valence-corrected chi connectivity index (χ0v) is 14.5. The average Bonchev–Trinajstić information content (AvgIpc) is 2.54. The number of hydrazine groups is 1. The van der Waals surface area contributed by atoms with E-state index in [-0.39, 0.29) is 13.0 Å². The van der Waals surface area contributed by atoms with Crippen molar-refractivity contribution in [1.29, 1.82) is 0 Å². The van der Waals surface area contributed by atoms with Gasteiger partial charge in [-0.25, -0.2) is 15.0 Å². The predicted octanol–water partition coefficient (Wildman–Crippen LogP) is -4.35. The lowest BCUT2D eigenvalue weighted by Crippen LogP contribution is -2.57. The fourth-order valence-corrected chi connectivity index (χ4v) is 1.74. The molecular formula is C13H26N6O7. The maximum absolute atomic E-state index is 11.9. The van der Waals surface area contributed by atoms with Crippen molar-refractivity contribution in [3.63, 3.8) is 0 Å². The van der Waals surface area contributed by atoms with Gasteiger partial charge in [0, 0.05) is 20.0 Å². The highest BCUT2D eigenvalue weighted by molar-refractivity contribution is 5.83. The highest BCUT2D eigenvalue weighted by Gasteiger charge is 2.24. The summed E-state index contributed by atoms with van der Waals surface area (Å²) >= 11 is 0. The number of nitrogens with two attached hydrogens (primary N) is 2. The van der Waals surface area contributed by atoms with Gasteiger partial charge in [-0.2, -0.15) is 0 Å². The Morgan fingerprint density at radius 2 is 1.77 bits per heavy atom. The highest BCUT2D eigenvalue weighted by Crippen LogP contribution is 1.96. The number of likely N-dealkylation sites (N-methyl/N-ethyl adjacent to an activating group) is 1. The molecule has 10 N–H and O–H groups in total. The molecule has 13 heteroatoms. The van der Waals surface area contributed by atoms with Crippen molar-refractivity contribution in [1.82, 2.24) is 21.1 Å². The molecule has 4 atom stereocenters. The summed E-state index contributed by atoms with van der Waals surface area (Å²) in [6, 6.07) is -4.53. The van der Waals surface area contributed by atoms with Crippen molar-refractivity contribution in [2.24, 2.45) is 11.5 Å². The topological polar surface area (TPSA) is 220 Å². The maximum Gasteiger partial charge on any atom is 0.328 e. The summed E-state index contributed by atoms with van der Waals surface area (Å²) in [5, 5.41) is 32.2. The van der Waals surface area contributed by atoms with Gasteiger partial charge in [-0.1, -0.05) is 0 Å². The first-order valence-electron chi connectivity index (χ1n) is 7.63. The van der Waals surface area contributed by atoms with Crippen LogP contribution in [0.1, 0.15) is 13.3 Å². The van der Waals surface area contributed by atoms with Crippen LogP contribution in [0.5, 0.6) is 0 Å². The third-order valence-electron chi connectivity index (χ3n) is 3.28. The molecule has 0 aliphatic rings. The minimum absolute atomic E-state index is 0.123. The molecule has 0 aromatic heterocycles. The van der Waals surface area contributed by atoms with Crippen LogP contribution in [-0.2, 0) is 14.4 Å².